The van der Waals surface area contributed by atoms with E-state index in [1.165, 1.54) is 25.7 Å². The van der Waals surface area contributed by atoms with Gasteiger partial charge in [0.05, 0.1) is 0 Å². The summed E-state index contributed by atoms with van der Waals surface area (Å²) < 4.78 is 0. The Kier molecular flexibility index (Phi) is 7.31. The number of hydrogen-bond acceptors (Lipinski definition) is 2. The van der Waals surface area contributed by atoms with Crippen LogP contribution in [0.1, 0.15) is 72.6 Å². The highest BCUT2D eigenvalue weighted by Crippen LogP contribution is 2.31. The third kappa shape index (κ3) is 5.94. The Morgan fingerprint density at radius 2 is 1.68 bits per heavy atom. The van der Waals surface area contributed by atoms with E-state index < -0.39 is 0 Å². The first-order valence-electron chi connectivity index (χ1n) is 8.73. The Bertz CT molecular complexity index is 404. The summed E-state index contributed by atoms with van der Waals surface area (Å²) >= 11 is 0. The largest absolute Gasteiger partial charge is 0.355 e. The average Bonchev–Trinajstić information content (AvgIpc) is 2.50. The Labute approximate surface area is 135 Å². The summed E-state index contributed by atoms with van der Waals surface area (Å²) in [4.78, 5) is 23.7. The topological polar surface area (TPSA) is 46.2 Å². The molecular formula is C19H33NO2. The SMILES string of the molecule is C=C(C)C(=O)CCC1CCC(CNC(=O)C(C)(C)CC)CC1. The minimum atomic E-state index is -0.264. The Balaban J connectivity index is 2.24. The van der Waals surface area contributed by atoms with Gasteiger partial charge in [-0.15, -0.1) is 0 Å². The van der Waals surface area contributed by atoms with E-state index in [2.05, 4.69) is 18.8 Å². The number of Topliss-reactive ketones (excluding diaryl/α,β-unsaturated/α-hetero) is 1. The summed E-state index contributed by atoms with van der Waals surface area (Å²) in [5, 5.41) is 3.12. The predicted octanol–water partition coefficient (Wildman–Crippen LogP) is 4.27. The lowest BCUT2D eigenvalue weighted by Gasteiger charge is -2.30. The molecule has 1 rings (SSSR count). The molecule has 0 unspecified atom stereocenters. The summed E-state index contributed by atoms with van der Waals surface area (Å²) in [5.41, 5.74) is 0.412. The average molecular weight is 307 g/mol. The molecule has 0 spiro atoms. The molecule has 1 N–H and O–H groups in total. The van der Waals surface area contributed by atoms with Crippen molar-refractivity contribution in [2.75, 3.05) is 6.54 Å². The van der Waals surface area contributed by atoms with Gasteiger partial charge in [0, 0.05) is 18.4 Å². The number of amides is 1. The van der Waals surface area contributed by atoms with Gasteiger partial charge in [-0.2, -0.15) is 0 Å². The van der Waals surface area contributed by atoms with Crippen molar-refractivity contribution in [3.63, 3.8) is 0 Å². The van der Waals surface area contributed by atoms with Gasteiger partial charge in [-0.3, -0.25) is 9.59 Å². The summed E-state index contributed by atoms with van der Waals surface area (Å²) in [6, 6.07) is 0. The van der Waals surface area contributed by atoms with Crippen LogP contribution in [0.2, 0.25) is 0 Å². The van der Waals surface area contributed by atoms with E-state index in [4.69, 9.17) is 0 Å². The number of ketones is 1. The van der Waals surface area contributed by atoms with Gasteiger partial charge in [0.15, 0.2) is 5.78 Å². The van der Waals surface area contributed by atoms with E-state index in [-0.39, 0.29) is 17.1 Å². The van der Waals surface area contributed by atoms with Gasteiger partial charge in [-0.05, 0) is 50.0 Å². The second-order valence-corrected chi connectivity index (χ2v) is 7.58. The minimum Gasteiger partial charge on any atom is -0.355 e. The molecule has 1 saturated carbocycles. The van der Waals surface area contributed by atoms with Crippen LogP contribution >= 0.6 is 0 Å². The van der Waals surface area contributed by atoms with Crippen LogP contribution in [-0.4, -0.2) is 18.2 Å². The molecule has 0 aliphatic heterocycles. The molecule has 0 aromatic heterocycles. The molecule has 0 aromatic carbocycles. The first-order valence-corrected chi connectivity index (χ1v) is 8.73. The summed E-state index contributed by atoms with van der Waals surface area (Å²) in [6.07, 6.45) is 7.20. The van der Waals surface area contributed by atoms with E-state index in [9.17, 15) is 9.59 Å². The predicted molar refractivity (Wildman–Crippen MR) is 91.6 cm³/mol. The van der Waals surface area contributed by atoms with Crippen molar-refractivity contribution in [3.05, 3.63) is 12.2 Å². The fourth-order valence-electron chi connectivity index (χ4n) is 2.91. The zero-order valence-electron chi connectivity index (χ0n) is 14.8. The molecule has 3 nitrogen and oxygen atoms in total. The quantitative estimate of drug-likeness (QED) is 0.681. The zero-order chi connectivity index (χ0) is 16.8. The molecule has 0 aromatic rings. The molecule has 0 radical (unpaired) electrons. The molecule has 0 atom stereocenters. The van der Waals surface area contributed by atoms with Crippen LogP contribution in [-0.2, 0) is 9.59 Å². The first-order chi connectivity index (χ1) is 10.3. The monoisotopic (exact) mass is 307 g/mol. The van der Waals surface area contributed by atoms with Crippen molar-refractivity contribution in [3.8, 4) is 0 Å². The molecular weight excluding hydrogens is 274 g/mol. The fourth-order valence-corrected chi connectivity index (χ4v) is 2.91. The van der Waals surface area contributed by atoms with Crippen molar-refractivity contribution in [1.29, 1.82) is 0 Å². The van der Waals surface area contributed by atoms with Gasteiger partial charge in [-0.1, -0.05) is 40.2 Å². The van der Waals surface area contributed by atoms with E-state index in [1.54, 1.807) is 6.92 Å². The van der Waals surface area contributed by atoms with Gasteiger partial charge in [0.25, 0.3) is 0 Å². The molecule has 1 fully saturated rings. The molecule has 126 valence electrons. The molecule has 1 aliphatic rings. The lowest BCUT2D eigenvalue weighted by atomic mass is 9.79. The molecule has 0 bridgehead atoms. The van der Waals surface area contributed by atoms with Gasteiger partial charge in [0.2, 0.25) is 5.91 Å². The summed E-state index contributed by atoms with van der Waals surface area (Å²) in [7, 11) is 0. The normalized spacial score (nSPS) is 22.2. The van der Waals surface area contributed by atoms with E-state index in [1.807, 2.05) is 13.8 Å². The van der Waals surface area contributed by atoms with Crippen LogP contribution in [0, 0.1) is 17.3 Å². The molecule has 1 aliphatic carbocycles. The van der Waals surface area contributed by atoms with Crippen molar-refractivity contribution in [2.24, 2.45) is 17.3 Å². The smallest absolute Gasteiger partial charge is 0.225 e. The zero-order valence-corrected chi connectivity index (χ0v) is 14.8. The highest BCUT2D eigenvalue weighted by Gasteiger charge is 2.27. The molecule has 0 heterocycles. The second-order valence-electron chi connectivity index (χ2n) is 7.58. The van der Waals surface area contributed by atoms with Crippen LogP contribution in [0.5, 0.6) is 0 Å². The molecule has 1 amide bonds. The van der Waals surface area contributed by atoms with E-state index >= 15 is 0 Å². The Hall–Kier alpha value is -1.12. The number of allylic oxidation sites excluding steroid dienone is 1. The fraction of sp³-hybridized carbons (Fsp3) is 0.789. The standard InChI is InChI=1S/C19H33NO2/c1-6-19(4,5)18(22)20-13-16-9-7-15(8-10-16)11-12-17(21)14(2)3/h15-16H,2,6-13H2,1,3-5H3,(H,20,22). The first kappa shape index (κ1) is 18.9. The molecule has 3 heteroatoms. The van der Waals surface area contributed by atoms with Crippen LogP contribution in [0.25, 0.3) is 0 Å². The van der Waals surface area contributed by atoms with Crippen LogP contribution in [0.3, 0.4) is 0 Å². The van der Waals surface area contributed by atoms with Crippen molar-refractivity contribution >= 4 is 11.7 Å². The van der Waals surface area contributed by atoms with Gasteiger partial charge < -0.3 is 5.32 Å². The van der Waals surface area contributed by atoms with Crippen molar-refractivity contribution in [2.45, 2.75) is 72.6 Å². The number of nitrogens with one attached hydrogen (secondary N) is 1. The maximum absolute atomic E-state index is 12.1. The second kappa shape index (κ2) is 8.50. The van der Waals surface area contributed by atoms with Crippen molar-refractivity contribution in [1.82, 2.24) is 5.32 Å². The number of carbonyl (C=O) groups excluding carboxylic acids is 2. The maximum atomic E-state index is 12.1. The highest BCUT2D eigenvalue weighted by atomic mass is 16.2. The highest BCUT2D eigenvalue weighted by molar-refractivity contribution is 5.94. The third-order valence-corrected chi connectivity index (χ3v) is 5.27. The lowest BCUT2D eigenvalue weighted by molar-refractivity contribution is -0.129. The van der Waals surface area contributed by atoms with Gasteiger partial charge >= 0.3 is 0 Å². The lowest BCUT2D eigenvalue weighted by Crippen LogP contribution is -2.39. The maximum Gasteiger partial charge on any atom is 0.225 e. The molecule has 0 saturated heterocycles. The Morgan fingerprint density at radius 3 is 2.18 bits per heavy atom. The summed E-state index contributed by atoms with van der Waals surface area (Å²) in [5.74, 6) is 1.65. The number of hydrogen-bond donors (Lipinski definition) is 1. The Morgan fingerprint density at radius 1 is 1.14 bits per heavy atom. The number of rotatable bonds is 8. The van der Waals surface area contributed by atoms with E-state index in [0.29, 0.717) is 23.8 Å². The van der Waals surface area contributed by atoms with Crippen LogP contribution in [0.15, 0.2) is 12.2 Å². The summed E-state index contributed by atoms with van der Waals surface area (Å²) in [6.45, 7) is 12.4. The van der Waals surface area contributed by atoms with Gasteiger partial charge in [-0.25, -0.2) is 0 Å². The van der Waals surface area contributed by atoms with Crippen LogP contribution < -0.4 is 5.32 Å². The van der Waals surface area contributed by atoms with Gasteiger partial charge in [0.1, 0.15) is 0 Å². The van der Waals surface area contributed by atoms with Crippen LogP contribution in [0.4, 0.5) is 0 Å². The number of carbonyl (C=O) groups is 2. The third-order valence-electron chi connectivity index (χ3n) is 5.27. The molecule has 22 heavy (non-hydrogen) atoms. The van der Waals surface area contributed by atoms with Crippen molar-refractivity contribution < 1.29 is 9.59 Å². The minimum absolute atomic E-state index is 0.171. The van der Waals surface area contributed by atoms with E-state index in [0.717, 1.165) is 19.4 Å².